The van der Waals surface area contributed by atoms with Gasteiger partial charge < -0.3 is 4.90 Å². The van der Waals surface area contributed by atoms with Gasteiger partial charge in [-0.1, -0.05) is 18.2 Å². The molecule has 20 heavy (non-hydrogen) atoms. The molecule has 2 aromatic rings. The van der Waals surface area contributed by atoms with E-state index >= 15 is 0 Å². The van der Waals surface area contributed by atoms with Gasteiger partial charge in [0.1, 0.15) is 6.04 Å². The number of nitrogens with zero attached hydrogens (tertiary/aromatic N) is 4. The second-order valence-electron chi connectivity index (χ2n) is 5.03. The van der Waals surface area contributed by atoms with Crippen LogP contribution in [0.3, 0.4) is 0 Å². The third kappa shape index (κ3) is 1.77. The molecule has 0 N–H and O–H groups in total. The van der Waals surface area contributed by atoms with Crippen molar-refractivity contribution in [2.45, 2.75) is 19.5 Å². The zero-order valence-corrected chi connectivity index (χ0v) is 11.4. The van der Waals surface area contributed by atoms with Crippen molar-refractivity contribution in [1.29, 1.82) is 5.26 Å². The van der Waals surface area contributed by atoms with Gasteiger partial charge in [-0.2, -0.15) is 10.4 Å². The lowest BCUT2D eigenvalue weighted by atomic mass is 10.0. The molecule has 0 aliphatic carbocycles. The highest BCUT2D eigenvalue weighted by atomic mass is 16.2. The lowest BCUT2D eigenvalue weighted by Crippen LogP contribution is -2.26. The second-order valence-corrected chi connectivity index (χ2v) is 5.03. The summed E-state index contributed by atoms with van der Waals surface area (Å²) in [5, 5.41) is 13.5. The van der Waals surface area contributed by atoms with Gasteiger partial charge in [-0.05, 0) is 12.5 Å². The summed E-state index contributed by atoms with van der Waals surface area (Å²) in [5.74, 6) is -0.0755. The highest BCUT2D eigenvalue weighted by Crippen LogP contribution is 2.35. The van der Waals surface area contributed by atoms with E-state index in [0.717, 1.165) is 16.7 Å². The van der Waals surface area contributed by atoms with Crippen molar-refractivity contribution in [3.8, 4) is 6.07 Å². The molecule has 1 amide bonds. The van der Waals surface area contributed by atoms with E-state index in [0.29, 0.717) is 12.1 Å². The van der Waals surface area contributed by atoms with Crippen LogP contribution < -0.4 is 0 Å². The van der Waals surface area contributed by atoms with Crippen LogP contribution in [0.2, 0.25) is 0 Å². The van der Waals surface area contributed by atoms with Crippen molar-refractivity contribution < 1.29 is 4.79 Å². The first-order chi connectivity index (χ1) is 9.61. The molecule has 1 unspecified atom stereocenters. The molecule has 0 bridgehead atoms. The predicted molar refractivity (Wildman–Crippen MR) is 72.6 cm³/mol. The molecule has 0 saturated heterocycles. The Morgan fingerprint density at radius 2 is 2.25 bits per heavy atom. The highest BCUT2D eigenvalue weighted by molar-refractivity contribution is 6.01. The fourth-order valence-corrected chi connectivity index (χ4v) is 2.69. The average molecular weight is 266 g/mol. The number of carbonyl (C=O) groups is 1. The number of aryl methyl sites for hydroxylation is 2. The molecule has 5 heteroatoms. The summed E-state index contributed by atoms with van der Waals surface area (Å²) >= 11 is 0. The molecule has 3 rings (SSSR count). The van der Waals surface area contributed by atoms with Crippen LogP contribution >= 0.6 is 0 Å². The Labute approximate surface area is 117 Å². The number of benzene rings is 1. The van der Waals surface area contributed by atoms with E-state index in [9.17, 15) is 10.1 Å². The number of hydrogen-bond donors (Lipinski definition) is 0. The molecule has 100 valence electrons. The molecule has 1 atom stereocenters. The molecule has 1 aromatic carbocycles. The van der Waals surface area contributed by atoms with Gasteiger partial charge in [0.05, 0.1) is 18.8 Å². The first-order valence-electron chi connectivity index (χ1n) is 6.39. The minimum Gasteiger partial charge on any atom is -0.314 e. The van der Waals surface area contributed by atoms with Gasteiger partial charge in [-0.3, -0.25) is 9.48 Å². The lowest BCUT2D eigenvalue weighted by Gasteiger charge is -2.19. The maximum Gasteiger partial charge on any atom is 0.256 e. The smallest absolute Gasteiger partial charge is 0.256 e. The number of fused-ring (bicyclic) bond motifs is 1. The molecule has 1 aliphatic rings. The topological polar surface area (TPSA) is 61.9 Å². The van der Waals surface area contributed by atoms with Crippen molar-refractivity contribution in [1.82, 2.24) is 14.7 Å². The zero-order valence-electron chi connectivity index (χ0n) is 11.4. The number of amides is 1. The minimum absolute atomic E-state index is 0.0755. The van der Waals surface area contributed by atoms with Gasteiger partial charge in [0.15, 0.2) is 0 Å². The molecular formula is C15H14N4O. The van der Waals surface area contributed by atoms with Crippen LogP contribution in [0.25, 0.3) is 0 Å². The summed E-state index contributed by atoms with van der Waals surface area (Å²) in [6.07, 6.45) is 3.58. The summed E-state index contributed by atoms with van der Waals surface area (Å²) in [6, 6.07) is 7.36. The van der Waals surface area contributed by atoms with E-state index in [-0.39, 0.29) is 5.91 Å². The third-order valence-corrected chi connectivity index (χ3v) is 3.62. The first kappa shape index (κ1) is 12.4. The van der Waals surface area contributed by atoms with Crippen LogP contribution in [0.4, 0.5) is 0 Å². The Kier molecular flexibility index (Phi) is 2.79. The first-order valence-corrected chi connectivity index (χ1v) is 6.39. The molecule has 0 radical (unpaired) electrons. The van der Waals surface area contributed by atoms with Gasteiger partial charge in [-0.15, -0.1) is 0 Å². The van der Waals surface area contributed by atoms with Crippen LogP contribution in [0.1, 0.15) is 33.1 Å². The van der Waals surface area contributed by atoms with Gasteiger partial charge in [0.2, 0.25) is 0 Å². The Balaban J connectivity index is 2.00. The zero-order chi connectivity index (χ0) is 14.3. The summed E-state index contributed by atoms with van der Waals surface area (Å²) in [6.45, 7) is 2.30. The molecule has 0 saturated carbocycles. The largest absolute Gasteiger partial charge is 0.314 e. The van der Waals surface area contributed by atoms with Gasteiger partial charge >= 0.3 is 0 Å². The SMILES string of the molecule is Cc1cccc2c1C(=O)N(Cc1cnn(C)c1)C2C#N. The van der Waals surface area contributed by atoms with E-state index in [1.807, 2.05) is 38.4 Å². The number of carbonyl (C=O) groups excluding carboxylic acids is 1. The fourth-order valence-electron chi connectivity index (χ4n) is 2.69. The summed E-state index contributed by atoms with van der Waals surface area (Å²) in [4.78, 5) is 14.2. The molecule has 1 aromatic heterocycles. The molecular weight excluding hydrogens is 252 g/mol. The summed E-state index contributed by atoms with van der Waals surface area (Å²) < 4.78 is 1.69. The highest BCUT2D eigenvalue weighted by Gasteiger charge is 2.37. The van der Waals surface area contributed by atoms with Crippen LogP contribution in [0.5, 0.6) is 0 Å². The third-order valence-electron chi connectivity index (χ3n) is 3.62. The predicted octanol–water partition coefficient (Wildman–Crippen LogP) is 1.95. The van der Waals surface area contributed by atoms with Crippen molar-refractivity contribution >= 4 is 5.91 Å². The van der Waals surface area contributed by atoms with Crippen molar-refractivity contribution in [3.63, 3.8) is 0 Å². The van der Waals surface area contributed by atoms with E-state index in [1.54, 1.807) is 15.8 Å². The molecule has 0 spiro atoms. The normalized spacial score (nSPS) is 17.1. The van der Waals surface area contributed by atoms with Crippen molar-refractivity contribution in [3.05, 3.63) is 52.8 Å². The van der Waals surface area contributed by atoms with Crippen LogP contribution in [-0.2, 0) is 13.6 Å². The average Bonchev–Trinajstić information content (AvgIpc) is 2.94. The number of aromatic nitrogens is 2. The van der Waals surface area contributed by atoms with Crippen LogP contribution in [0.15, 0.2) is 30.6 Å². The van der Waals surface area contributed by atoms with E-state index in [4.69, 9.17) is 0 Å². The maximum absolute atomic E-state index is 12.5. The number of nitriles is 1. The molecule has 5 nitrogen and oxygen atoms in total. The van der Waals surface area contributed by atoms with E-state index < -0.39 is 6.04 Å². The fraction of sp³-hybridized carbons (Fsp3) is 0.267. The Bertz CT molecular complexity index is 726. The molecule has 1 aliphatic heterocycles. The molecule has 0 fully saturated rings. The Hall–Kier alpha value is -2.61. The van der Waals surface area contributed by atoms with E-state index in [2.05, 4.69) is 11.2 Å². The van der Waals surface area contributed by atoms with E-state index in [1.165, 1.54) is 0 Å². The quantitative estimate of drug-likeness (QED) is 0.834. The second kappa shape index (κ2) is 4.49. The standard InChI is InChI=1S/C15H14N4O/c1-10-4-3-5-12-13(6-16)19(15(20)14(10)12)9-11-7-17-18(2)8-11/h3-5,7-8,13H,9H2,1-2H3. The Morgan fingerprint density at radius 1 is 1.45 bits per heavy atom. The molecule has 2 heterocycles. The summed E-state index contributed by atoms with van der Waals surface area (Å²) in [7, 11) is 1.83. The van der Waals surface area contributed by atoms with Gasteiger partial charge in [0, 0.05) is 29.9 Å². The number of rotatable bonds is 2. The van der Waals surface area contributed by atoms with Gasteiger partial charge in [0.25, 0.3) is 5.91 Å². The van der Waals surface area contributed by atoms with Crippen LogP contribution in [0, 0.1) is 18.3 Å². The maximum atomic E-state index is 12.5. The van der Waals surface area contributed by atoms with Crippen molar-refractivity contribution in [2.75, 3.05) is 0 Å². The van der Waals surface area contributed by atoms with Crippen LogP contribution in [-0.4, -0.2) is 20.6 Å². The van der Waals surface area contributed by atoms with Crippen molar-refractivity contribution in [2.24, 2.45) is 7.05 Å². The Morgan fingerprint density at radius 3 is 2.90 bits per heavy atom. The monoisotopic (exact) mass is 266 g/mol. The number of hydrogen-bond acceptors (Lipinski definition) is 3. The van der Waals surface area contributed by atoms with Gasteiger partial charge in [-0.25, -0.2) is 0 Å². The minimum atomic E-state index is -0.516. The summed E-state index contributed by atoms with van der Waals surface area (Å²) in [5.41, 5.74) is 3.32. The lowest BCUT2D eigenvalue weighted by molar-refractivity contribution is 0.0744.